The van der Waals surface area contributed by atoms with Crippen LogP contribution in [0.25, 0.3) is 0 Å². The number of fused-ring (bicyclic) bond motifs is 1. The number of rotatable bonds is 13. The maximum absolute atomic E-state index is 9.47. The minimum Gasteiger partial charge on any atom is -0.496 e. The Morgan fingerprint density at radius 3 is 2.89 bits per heavy atom. The van der Waals surface area contributed by atoms with Crippen LogP contribution in [0.5, 0.6) is 5.75 Å². The molecule has 196 valence electrons. The highest BCUT2D eigenvalue weighted by Crippen LogP contribution is 2.39. The number of hydrogen-bond acceptors (Lipinski definition) is 10. The lowest BCUT2D eigenvalue weighted by Gasteiger charge is -2.39. The molecule has 1 aliphatic carbocycles. The molecule has 10 heteroatoms. The molecule has 36 heavy (non-hydrogen) atoms. The number of nitrogens with zero attached hydrogens (tertiary/aromatic N) is 4. The predicted octanol–water partition coefficient (Wildman–Crippen LogP) is 1.99. The maximum Gasteiger partial charge on any atom is 0.222 e. The Bertz CT molecular complexity index is 1050. The van der Waals surface area contributed by atoms with E-state index < -0.39 is 0 Å². The number of aliphatic hydroxyl groups is 1. The van der Waals surface area contributed by atoms with Gasteiger partial charge in [-0.2, -0.15) is 4.98 Å². The molecule has 2 aromatic rings. The van der Waals surface area contributed by atoms with Crippen LogP contribution in [0.1, 0.15) is 43.0 Å². The van der Waals surface area contributed by atoms with Crippen LogP contribution < -0.4 is 26.4 Å². The van der Waals surface area contributed by atoms with Crippen molar-refractivity contribution in [2.24, 2.45) is 16.8 Å². The summed E-state index contributed by atoms with van der Waals surface area (Å²) >= 11 is 0. The van der Waals surface area contributed by atoms with Gasteiger partial charge in [-0.1, -0.05) is 25.5 Å². The Morgan fingerprint density at radius 2 is 2.14 bits per heavy atom. The lowest BCUT2D eigenvalue weighted by atomic mass is 9.71. The zero-order valence-electron chi connectivity index (χ0n) is 21.3. The molecule has 3 unspecified atom stereocenters. The first kappa shape index (κ1) is 26.1. The van der Waals surface area contributed by atoms with Crippen molar-refractivity contribution in [3.05, 3.63) is 35.0 Å². The van der Waals surface area contributed by atoms with Crippen molar-refractivity contribution in [2.45, 2.75) is 45.3 Å². The van der Waals surface area contributed by atoms with E-state index in [2.05, 4.69) is 39.3 Å². The molecule has 0 amide bonds. The molecule has 2 heterocycles. The van der Waals surface area contributed by atoms with E-state index in [0.29, 0.717) is 42.2 Å². The summed E-state index contributed by atoms with van der Waals surface area (Å²) in [4.78, 5) is 15.1. The number of benzene rings is 1. The van der Waals surface area contributed by atoms with Crippen LogP contribution in [0, 0.1) is 11.8 Å². The van der Waals surface area contributed by atoms with E-state index >= 15 is 0 Å². The molecule has 2 aliphatic rings. The molecular weight excluding hydrogens is 458 g/mol. The van der Waals surface area contributed by atoms with E-state index in [-0.39, 0.29) is 12.6 Å². The molecule has 1 saturated carbocycles. The smallest absolute Gasteiger partial charge is 0.222 e. The Morgan fingerprint density at radius 1 is 1.28 bits per heavy atom. The van der Waals surface area contributed by atoms with Gasteiger partial charge in [-0.05, 0) is 30.4 Å². The SMILES string of the molecule is CCCCN(CCO)c1nc(N)nc(C=NCc2ccc(CNC3CC4COCC43)cc2OC)c1N. The number of unbranched alkanes of at least 4 members (excludes halogenated alkanes) is 1. The average molecular weight is 498 g/mol. The minimum atomic E-state index is -0.00202. The quantitative estimate of drug-likeness (QED) is 0.305. The number of hydrogen-bond donors (Lipinski definition) is 4. The molecule has 0 radical (unpaired) electrons. The molecule has 1 aromatic heterocycles. The van der Waals surface area contributed by atoms with E-state index in [4.69, 9.17) is 20.9 Å². The molecule has 4 rings (SSSR count). The number of nitrogens with one attached hydrogen (secondary N) is 1. The summed E-state index contributed by atoms with van der Waals surface area (Å²) in [5, 5.41) is 13.1. The fraction of sp³-hybridized carbons (Fsp3) is 0.577. The number of anilines is 3. The number of aliphatic imine (C=N–C) groups is 1. The zero-order chi connectivity index (χ0) is 25.5. The Balaban J connectivity index is 1.41. The van der Waals surface area contributed by atoms with E-state index in [1.807, 2.05) is 11.0 Å². The molecule has 1 aromatic carbocycles. The molecule has 1 saturated heterocycles. The van der Waals surface area contributed by atoms with Gasteiger partial charge in [0.25, 0.3) is 0 Å². The molecule has 6 N–H and O–H groups in total. The number of ether oxygens (including phenoxy) is 2. The van der Waals surface area contributed by atoms with Gasteiger partial charge in [0.05, 0.1) is 26.9 Å². The summed E-state index contributed by atoms with van der Waals surface area (Å²) in [7, 11) is 1.67. The Kier molecular flexibility index (Phi) is 8.95. The third-order valence-electron chi connectivity index (χ3n) is 7.14. The molecule has 2 fully saturated rings. The largest absolute Gasteiger partial charge is 0.496 e. The van der Waals surface area contributed by atoms with E-state index in [9.17, 15) is 5.11 Å². The van der Waals surface area contributed by atoms with Crippen molar-refractivity contribution in [3.8, 4) is 5.75 Å². The van der Waals surface area contributed by atoms with Gasteiger partial charge in [0.2, 0.25) is 5.95 Å². The van der Waals surface area contributed by atoms with Crippen LogP contribution in [0.15, 0.2) is 23.2 Å². The number of nitrogen functional groups attached to an aromatic ring is 2. The summed E-state index contributed by atoms with van der Waals surface area (Å²) < 4.78 is 11.2. The van der Waals surface area contributed by atoms with Gasteiger partial charge in [-0.25, -0.2) is 4.98 Å². The standard InChI is InChI=1S/C26H39N7O3/c1-3-4-7-33(8-9-34)25-24(27)22(31-26(28)32-25)14-29-13-18-6-5-17(10-23(18)35-2)12-30-21-11-19-15-36-16-20(19)21/h5-6,10,14,19-21,30,34H,3-4,7-9,11-13,15-16,27H2,1-2H3,(H2,28,31,32). The third-order valence-corrected chi connectivity index (χ3v) is 7.14. The van der Waals surface area contributed by atoms with Crippen molar-refractivity contribution in [2.75, 3.05) is 56.4 Å². The van der Waals surface area contributed by atoms with E-state index in [0.717, 1.165) is 56.4 Å². The fourth-order valence-electron chi connectivity index (χ4n) is 4.98. The van der Waals surface area contributed by atoms with Crippen molar-refractivity contribution in [1.29, 1.82) is 0 Å². The molecular formula is C26H39N7O3. The van der Waals surface area contributed by atoms with Gasteiger partial charge in [0, 0.05) is 50.0 Å². The second-order valence-electron chi connectivity index (χ2n) is 9.57. The molecule has 1 aliphatic heterocycles. The minimum absolute atomic E-state index is 0.00202. The first-order valence-electron chi connectivity index (χ1n) is 12.8. The number of aliphatic hydroxyl groups excluding tert-OH is 1. The molecule has 0 bridgehead atoms. The second kappa shape index (κ2) is 12.3. The van der Waals surface area contributed by atoms with E-state index in [1.54, 1.807) is 13.3 Å². The highest BCUT2D eigenvalue weighted by Gasteiger charge is 2.44. The first-order valence-corrected chi connectivity index (χ1v) is 12.8. The number of aromatic nitrogens is 2. The van der Waals surface area contributed by atoms with Crippen LogP contribution in [0.3, 0.4) is 0 Å². The topological polar surface area (TPSA) is 144 Å². The lowest BCUT2D eigenvalue weighted by molar-refractivity contribution is 0.153. The van der Waals surface area contributed by atoms with Crippen molar-refractivity contribution in [3.63, 3.8) is 0 Å². The van der Waals surface area contributed by atoms with Crippen LogP contribution in [0.2, 0.25) is 0 Å². The zero-order valence-corrected chi connectivity index (χ0v) is 21.3. The highest BCUT2D eigenvalue weighted by molar-refractivity contribution is 5.89. The Labute approximate surface area is 213 Å². The van der Waals surface area contributed by atoms with Crippen molar-refractivity contribution < 1.29 is 14.6 Å². The summed E-state index contributed by atoms with van der Waals surface area (Å²) in [6, 6.07) is 6.76. The Hall–Kier alpha value is -2.95. The van der Waals surface area contributed by atoms with Gasteiger partial charge in [-0.15, -0.1) is 0 Å². The van der Waals surface area contributed by atoms with Gasteiger partial charge in [0.1, 0.15) is 17.1 Å². The average Bonchev–Trinajstić information content (AvgIpc) is 3.24. The summed E-state index contributed by atoms with van der Waals surface area (Å²) in [6.45, 7) is 6.26. The summed E-state index contributed by atoms with van der Waals surface area (Å²) in [5.41, 5.74) is 15.4. The highest BCUT2D eigenvalue weighted by atomic mass is 16.5. The fourth-order valence-corrected chi connectivity index (χ4v) is 4.98. The number of methoxy groups -OCH3 is 1. The first-order chi connectivity index (χ1) is 17.5. The lowest BCUT2D eigenvalue weighted by Crippen LogP contribution is -2.49. The third kappa shape index (κ3) is 6.05. The van der Waals surface area contributed by atoms with Crippen molar-refractivity contribution >= 4 is 23.7 Å². The summed E-state index contributed by atoms with van der Waals surface area (Å²) in [6.07, 6.45) is 4.79. The van der Waals surface area contributed by atoms with Crippen LogP contribution in [-0.4, -0.2) is 67.4 Å². The van der Waals surface area contributed by atoms with E-state index in [1.165, 1.54) is 12.0 Å². The second-order valence-corrected chi connectivity index (χ2v) is 9.57. The maximum atomic E-state index is 9.47. The van der Waals surface area contributed by atoms with Gasteiger partial charge in [-0.3, -0.25) is 4.99 Å². The monoisotopic (exact) mass is 497 g/mol. The predicted molar refractivity (Wildman–Crippen MR) is 142 cm³/mol. The van der Waals surface area contributed by atoms with Crippen LogP contribution in [0.4, 0.5) is 17.5 Å². The molecule has 10 nitrogen and oxygen atoms in total. The van der Waals surface area contributed by atoms with Gasteiger partial charge < -0.3 is 36.3 Å². The summed E-state index contributed by atoms with van der Waals surface area (Å²) in [5.74, 6) is 2.85. The van der Waals surface area contributed by atoms with Gasteiger partial charge >= 0.3 is 0 Å². The van der Waals surface area contributed by atoms with Crippen molar-refractivity contribution in [1.82, 2.24) is 15.3 Å². The number of nitrogens with two attached hydrogens (primary N) is 2. The molecule has 3 atom stereocenters. The normalized spacial score (nSPS) is 20.9. The van der Waals surface area contributed by atoms with Crippen LogP contribution >= 0.6 is 0 Å². The van der Waals surface area contributed by atoms with Gasteiger partial charge in [0.15, 0.2) is 5.82 Å². The van der Waals surface area contributed by atoms with Crippen LogP contribution in [-0.2, 0) is 17.8 Å². The molecule has 0 spiro atoms.